The molecular formula is C11H8F4O2. The summed E-state index contributed by atoms with van der Waals surface area (Å²) >= 11 is 0. The van der Waals surface area contributed by atoms with Crippen LogP contribution in [0.2, 0.25) is 0 Å². The van der Waals surface area contributed by atoms with Crippen LogP contribution in [0.1, 0.15) is 24.0 Å². The monoisotopic (exact) mass is 248 g/mol. The molecule has 0 spiro atoms. The molecular weight excluding hydrogens is 240 g/mol. The molecule has 2 rings (SSSR count). The Hall–Kier alpha value is -1.59. The van der Waals surface area contributed by atoms with Gasteiger partial charge in [-0.15, -0.1) is 0 Å². The van der Waals surface area contributed by atoms with Gasteiger partial charge >= 0.3 is 12.1 Å². The lowest BCUT2D eigenvalue weighted by molar-refractivity contribution is -0.143. The molecule has 17 heavy (non-hydrogen) atoms. The largest absolute Gasteiger partial charge is 0.481 e. The summed E-state index contributed by atoms with van der Waals surface area (Å²) in [6.07, 6.45) is -4.67. The first-order chi connectivity index (χ1) is 7.79. The number of benzene rings is 1. The van der Waals surface area contributed by atoms with E-state index in [1.165, 1.54) is 0 Å². The zero-order chi connectivity index (χ0) is 12.8. The van der Waals surface area contributed by atoms with Crippen LogP contribution in [0.3, 0.4) is 0 Å². The number of rotatable bonds is 2. The molecule has 0 saturated heterocycles. The van der Waals surface area contributed by atoms with E-state index in [2.05, 4.69) is 0 Å². The summed E-state index contributed by atoms with van der Waals surface area (Å²) in [7, 11) is 0. The Balaban J connectivity index is 2.64. The van der Waals surface area contributed by atoms with Crippen molar-refractivity contribution in [3.05, 3.63) is 35.1 Å². The summed E-state index contributed by atoms with van der Waals surface area (Å²) < 4.78 is 51.3. The zero-order valence-electron chi connectivity index (χ0n) is 8.51. The van der Waals surface area contributed by atoms with Crippen LogP contribution in [0.5, 0.6) is 0 Å². The fourth-order valence-electron chi connectivity index (χ4n) is 1.93. The van der Waals surface area contributed by atoms with Crippen molar-refractivity contribution < 1.29 is 27.5 Å². The minimum absolute atomic E-state index is 0.106. The summed E-state index contributed by atoms with van der Waals surface area (Å²) in [5.74, 6) is -2.77. The number of alkyl halides is 3. The number of carbonyl (C=O) groups is 1. The van der Waals surface area contributed by atoms with Gasteiger partial charge in [0.2, 0.25) is 0 Å². The van der Waals surface area contributed by atoms with E-state index in [0.29, 0.717) is 6.07 Å². The molecule has 1 aliphatic rings. The normalized spacial score (nSPS) is 17.9. The van der Waals surface area contributed by atoms with Gasteiger partial charge in [0, 0.05) is 0 Å². The average Bonchev–Trinajstić information content (AvgIpc) is 2.95. The first-order valence-electron chi connectivity index (χ1n) is 4.88. The molecule has 1 fully saturated rings. The van der Waals surface area contributed by atoms with Gasteiger partial charge in [-0.3, -0.25) is 4.79 Å². The summed E-state index contributed by atoms with van der Waals surface area (Å²) in [5.41, 5.74) is -3.50. The molecule has 0 radical (unpaired) electrons. The fraction of sp³-hybridized carbons (Fsp3) is 0.364. The molecule has 2 nitrogen and oxygen atoms in total. The lowest BCUT2D eigenvalue weighted by Gasteiger charge is -2.18. The van der Waals surface area contributed by atoms with Crippen LogP contribution in [0.4, 0.5) is 17.6 Å². The second-order valence-electron chi connectivity index (χ2n) is 4.05. The highest BCUT2D eigenvalue weighted by Crippen LogP contribution is 2.52. The molecule has 0 amide bonds. The van der Waals surface area contributed by atoms with E-state index in [9.17, 15) is 22.4 Å². The van der Waals surface area contributed by atoms with Gasteiger partial charge in [0.25, 0.3) is 0 Å². The minimum atomic E-state index is -4.88. The maximum atomic E-state index is 13.3. The molecule has 0 aromatic heterocycles. The van der Waals surface area contributed by atoms with Crippen molar-refractivity contribution >= 4 is 5.97 Å². The number of halogens is 4. The number of carboxylic acid groups (broad SMARTS) is 1. The Kier molecular flexibility index (Phi) is 2.41. The average molecular weight is 248 g/mol. The van der Waals surface area contributed by atoms with Crippen LogP contribution in [0, 0.1) is 5.82 Å². The van der Waals surface area contributed by atoms with Crippen LogP contribution >= 0.6 is 0 Å². The lowest BCUT2D eigenvalue weighted by Crippen LogP contribution is -2.25. The maximum absolute atomic E-state index is 13.3. The number of hydrogen-bond donors (Lipinski definition) is 1. The smallest absolute Gasteiger partial charge is 0.419 e. The SMILES string of the molecule is O=C(O)C1(c2cccc(F)c2C(F)(F)F)CC1. The molecule has 6 heteroatoms. The first kappa shape index (κ1) is 11.9. The third kappa shape index (κ3) is 1.77. The topological polar surface area (TPSA) is 37.3 Å². The molecule has 1 aromatic carbocycles. The number of aliphatic carboxylic acids is 1. The Morgan fingerprint density at radius 3 is 2.29 bits per heavy atom. The molecule has 0 bridgehead atoms. The Labute approximate surface area is 93.9 Å². The van der Waals surface area contributed by atoms with E-state index in [0.717, 1.165) is 12.1 Å². The third-order valence-corrected chi connectivity index (χ3v) is 2.97. The van der Waals surface area contributed by atoms with Gasteiger partial charge in [-0.05, 0) is 24.5 Å². The second kappa shape index (κ2) is 3.45. The van der Waals surface area contributed by atoms with Crippen molar-refractivity contribution in [3.8, 4) is 0 Å². The van der Waals surface area contributed by atoms with Crippen molar-refractivity contribution in [2.24, 2.45) is 0 Å². The minimum Gasteiger partial charge on any atom is -0.481 e. The van der Waals surface area contributed by atoms with Gasteiger partial charge in [-0.1, -0.05) is 12.1 Å². The van der Waals surface area contributed by atoms with Crippen LogP contribution in [0.15, 0.2) is 18.2 Å². The first-order valence-corrected chi connectivity index (χ1v) is 4.88. The summed E-state index contributed by atoms with van der Waals surface area (Å²) in [6.45, 7) is 0. The van der Waals surface area contributed by atoms with Crippen LogP contribution in [-0.4, -0.2) is 11.1 Å². The summed E-state index contributed by atoms with van der Waals surface area (Å²) in [5, 5.41) is 8.95. The molecule has 1 aliphatic carbocycles. The van der Waals surface area contributed by atoms with E-state index < -0.39 is 34.5 Å². The van der Waals surface area contributed by atoms with E-state index in [1.807, 2.05) is 0 Å². The Morgan fingerprint density at radius 2 is 1.88 bits per heavy atom. The van der Waals surface area contributed by atoms with E-state index in [1.54, 1.807) is 0 Å². The molecule has 1 N–H and O–H groups in total. The van der Waals surface area contributed by atoms with Gasteiger partial charge in [-0.2, -0.15) is 13.2 Å². The summed E-state index contributed by atoms with van der Waals surface area (Å²) in [6, 6.07) is 2.82. The fourth-order valence-corrected chi connectivity index (χ4v) is 1.93. The summed E-state index contributed by atoms with van der Waals surface area (Å²) in [4.78, 5) is 11.0. The molecule has 0 heterocycles. The van der Waals surface area contributed by atoms with Gasteiger partial charge in [0.05, 0.1) is 11.0 Å². The predicted molar refractivity (Wildman–Crippen MR) is 49.9 cm³/mol. The zero-order valence-corrected chi connectivity index (χ0v) is 8.51. The van der Waals surface area contributed by atoms with Crippen molar-refractivity contribution in [2.75, 3.05) is 0 Å². The second-order valence-corrected chi connectivity index (χ2v) is 4.05. The number of hydrogen-bond acceptors (Lipinski definition) is 1. The Bertz CT molecular complexity index is 475. The third-order valence-electron chi connectivity index (χ3n) is 2.97. The van der Waals surface area contributed by atoms with E-state index in [4.69, 9.17) is 5.11 Å². The highest BCUT2D eigenvalue weighted by molar-refractivity contribution is 5.85. The van der Waals surface area contributed by atoms with Gasteiger partial charge < -0.3 is 5.11 Å². The molecule has 1 aromatic rings. The molecule has 0 unspecified atom stereocenters. The highest BCUT2D eigenvalue weighted by atomic mass is 19.4. The molecule has 92 valence electrons. The van der Waals surface area contributed by atoms with Crippen molar-refractivity contribution in [1.82, 2.24) is 0 Å². The van der Waals surface area contributed by atoms with E-state index >= 15 is 0 Å². The van der Waals surface area contributed by atoms with Crippen LogP contribution in [0.25, 0.3) is 0 Å². The predicted octanol–water partition coefficient (Wildman–Crippen LogP) is 2.96. The van der Waals surface area contributed by atoms with Crippen molar-refractivity contribution in [1.29, 1.82) is 0 Å². The molecule has 0 atom stereocenters. The maximum Gasteiger partial charge on any atom is 0.419 e. The lowest BCUT2D eigenvalue weighted by atomic mass is 9.91. The molecule has 0 aliphatic heterocycles. The number of carboxylic acids is 1. The van der Waals surface area contributed by atoms with Crippen molar-refractivity contribution in [3.63, 3.8) is 0 Å². The van der Waals surface area contributed by atoms with Crippen LogP contribution in [-0.2, 0) is 16.4 Å². The molecule has 1 saturated carbocycles. The van der Waals surface area contributed by atoms with Gasteiger partial charge in [-0.25, -0.2) is 4.39 Å². The van der Waals surface area contributed by atoms with Gasteiger partial charge in [0.1, 0.15) is 5.82 Å². The Morgan fingerprint density at radius 1 is 1.29 bits per heavy atom. The highest BCUT2D eigenvalue weighted by Gasteiger charge is 2.56. The quantitative estimate of drug-likeness (QED) is 0.817. The van der Waals surface area contributed by atoms with E-state index in [-0.39, 0.29) is 12.8 Å². The van der Waals surface area contributed by atoms with Crippen molar-refractivity contribution in [2.45, 2.75) is 24.4 Å². The van der Waals surface area contributed by atoms with Crippen LogP contribution < -0.4 is 0 Å². The standard InChI is InChI=1S/C11H8F4O2/c12-7-3-1-2-6(8(7)11(13,14)15)10(4-5-10)9(16)17/h1-3H,4-5H2,(H,16,17). The van der Waals surface area contributed by atoms with Gasteiger partial charge in [0.15, 0.2) is 0 Å².